The lowest BCUT2D eigenvalue weighted by atomic mass is 9.95. The van der Waals surface area contributed by atoms with Crippen molar-refractivity contribution in [3.8, 4) is 11.8 Å². The topological polar surface area (TPSA) is 115 Å². The van der Waals surface area contributed by atoms with Gasteiger partial charge in [0.15, 0.2) is 29.8 Å². The molecule has 0 unspecified atom stereocenters. The molecule has 1 saturated carbocycles. The predicted molar refractivity (Wildman–Crippen MR) is 119 cm³/mol. The number of hydrogen-bond donors (Lipinski definition) is 1. The molecule has 1 aliphatic carbocycles. The third-order valence-corrected chi connectivity index (χ3v) is 5.79. The Balaban J connectivity index is 1.52. The van der Waals surface area contributed by atoms with Crippen molar-refractivity contribution in [1.82, 2.24) is 9.55 Å². The Morgan fingerprint density at radius 1 is 1.17 bits per heavy atom. The Morgan fingerprint density at radius 2 is 1.83 bits per heavy atom. The summed E-state index contributed by atoms with van der Waals surface area (Å²) in [7, 11) is 1.44. The van der Waals surface area contributed by atoms with Crippen LogP contribution < -0.4 is 15.2 Å². The fraction of sp³-hybridized carbons (Fsp3) is 0.609. The van der Waals surface area contributed by atoms with E-state index >= 15 is 0 Å². The number of benzene rings is 1. The Bertz CT molecular complexity index is 1070. The molecule has 2 N–H and O–H groups in total. The van der Waals surface area contributed by atoms with Gasteiger partial charge in [-0.2, -0.15) is 4.98 Å². The van der Waals surface area contributed by atoms with E-state index in [0.717, 1.165) is 0 Å². The number of fused-ring (bicyclic) bond motifs is 1. The quantitative estimate of drug-likeness (QED) is 0.423. The minimum absolute atomic E-state index is 0.00323. The maximum atomic E-state index is 14.8. The Morgan fingerprint density at radius 3 is 2.47 bits per heavy atom. The summed E-state index contributed by atoms with van der Waals surface area (Å²) in [5, 5.41) is 0. The molecule has 0 radical (unpaired) electrons. The predicted octanol–water partition coefficient (Wildman–Crippen LogP) is 3.89. The van der Waals surface area contributed by atoms with Crippen LogP contribution in [0, 0.1) is 17.6 Å². The van der Waals surface area contributed by atoms with E-state index in [4.69, 9.17) is 19.9 Å². The minimum atomic E-state index is -2.83. The van der Waals surface area contributed by atoms with E-state index in [-0.39, 0.29) is 54.0 Å². The van der Waals surface area contributed by atoms with Crippen LogP contribution in [0.25, 0.3) is 11.0 Å². The van der Waals surface area contributed by atoms with E-state index in [1.165, 1.54) is 11.6 Å². The molecule has 36 heavy (non-hydrogen) atoms. The third kappa shape index (κ3) is 7.21. The monoisotopic (exact) mass is 519 g/mol. The fourth-order valence-electron chi connectivity index (χ4n) is 4.05. The van der Waals surface area contributed by atoms with Crippen molar-refractivity contribution in [2.75, 3.05) is 19.8 Å². The highest BCUT2D eigenvalue weighted by molar-refractivity contribution is 5.82. The highest BCUT2D eigenvalue weighted by Gasteiger charge is 2.27. The molecule has 0 aliphatic heterocycles. The number of carbonyl (C=O) groups excluding carboxylic acids is 2. The lowest BCUT2D eigenvalue weighted by Gasteiger charge is -2.29. The van der Waals surface area contributed by atoms with E-state index < -0.39 is 36.5 Å². The zero-order chi connectivity index (χ0) is 26.4. The van der Waals surface area contributed by atoms with Gasteiger partial charge in [-0.3, -0.25) is 9.36 Å². The standard InChI is InChI=1S/C23H29F4N3O6/c1-12(7-13(31)10-35-22(28)32)9-33-14-3-5-15(6-4-14)36-23-29-20-16(24)8-17(34-11-18(25)26)19(27)21(20)30(23)2/h8,12,14-15,18H,3-7,9-11H2,1-2H3,(H2,28,32)/t12-,14?,15?/m1/s1. The van der Waals surface area contributed by atoms with Crippen LogP contribution in [-0.4, -0.2) is 59.9 Å². The van der Waals surface area contributed by atoms with Crippen LogP contribution in [0.15, 0.2) is 6.07 Å². The van der Waals surface area contributed by atoms with Crippen molar-refractivity contribution in [1.29, 1.82) is 0 Å². The summed E-state index contributed by atoms with van der Waals surface area (Å²) in [6, 6.07) is 0.696. The summed E-state index contributed by atoms with van der Waals surface area (Å²) in [6.45, 7) is 0.790. The Labute approximate surface area is 204 Å². The van der Waals surface area contributed by atoms with Gasteiger partial charge in [0.1, 0.15) is 23.7 Å². The van der Waals surface area contributed by atoms with Gasteiger partial charge in [0.2, 0.25) is 0 Å². The molecule has 0 saturated heterocycles. The zero-order valence-corrected chi connectivity index (χ0v) is 20.0. The van der Waals surface area contributed by atoms with Gasteiger partial charge < -0.3 is 24.7 Å². The lowest BCUT2D eigenvalue weighted by Crippen LogP contribution is -2.30. The molecule has 13 heteroatoms. The molecule has 1 atom stereocenters. The normalized spacial score (nSPS) is 18.9. The van der Waals surface area contributed by atoms with Crippen molar-refractivity contribution in [3.63, 3.8) is 0 Å². The van der Waals surface area contributed by atoms with E-state index in [9.17, 15) is 27.2 Å². The largest absolute Gasteiger partial charge is 0.484 e. The van der Waals surface area contributed by atoms with E-state index in [0.29, 0.717) is 38.4 Å². The maximum Gasteiger partial charge on any atom is 0.404 e. The number of imidazole rings is 1. The van der Waals surface area contributed by atoms with Crippen molar-refractivity contribution >= 4 is 22.9 Å². The second-order valence-electron chi connectivity index (χ2n) is 8.83. The van der Waals surface area contributed by atoms with E-state index in [2.05, 4.69) is 9.72 Å². The van der Waals surface area contributed by atoms with Gasteiger partial charge in [-0.1, -0.05) is 6.92 Å². The molecular weight excluding hydrogens is 490 g/mol. The number of primary amides is 1. The van der Waals surface area contributed by atoms with Gasteiger partial charge in [-0.15, -0.1) is 0 Å². The van der Waals surface area contributed by atoms with Crippen LogP contribution >= 0.6 is 0 Å². The number of halogens is 4. The Hall–Kier alpha value is -3.09. The number of nitrogens with zero attached hydrogens (tertiary/aromatic N) is 2. The molecule has 1 aromatic heterocycles. The van der Waals surface area contributed by atoms with Crippen LogP contribution in [0.2, 0.25) is 0 Å². The molecule has 0 spiro atoms. The second-order valence-corrected chi connectivity index (χ2v) is 8.83. The molecule has 200 valence electrons. The number of nitrogens with two attached hydrogens (primary N) is 1. The molecule has 1 heterocycles. The van der Waals surface area contributed by atoms with Crippen LogP contribution in [0.5, 0.6) is 11.8 Å². The number of alkyl halides is 2. The van der Waals surface area contributed by atoms with Crippen LogP contribution in [0.3, 0.4) is 0 Å². The fourth-order valence-corrected chi connectivity index (χ4v) is 4.05. The SMILES string of the molecule is C[C@@H](COC1CCC(Oc2nc3c(F)cc(OCC(F)F)c(F)c3n2C)CC1)CC(=O)COC(N)=O. The number of aromatic nitrogens is 2. The summed E-state index contributed by atoms with van der Waals surface area (Å²) in [5.41, 5.74) is 4.32. The second kappa shape index (κ2) is 12.2. The summed E-state index contributed by atoms with van der Waals surface area (Å²) in [5.74, 6) is -2.84. The number of Topliss-reactive ketones (excluding diaryl/α,β-unsaturated/α-hetero) is 1. The van der Waals surface area contributed by atoms with Crippen LogP contribution in [0.4, 0.5) is 22.4 Å². The maximum absolute atomic E-state index is 14.8. The number of aryl methyl sites for hydroxylation is 1. The highest BCUT2D eigenvalue weighted by Crippen LogP contribution is 2.33. The molecule has 3 rings (SSSR count). The van der Waals surface area contributed by atoms with Gasteiger partial charge in [-0.05, 0) is 31.6 Å². The van der Waals surface area contributed by atoms with E-state index in [1.807, 2.05) is 6.92 Å². The average molecular weight is 519 g/mol. The molecule has 1 amide bonds. The first-order valence-electron chi connectivity index (χ1n) is 11.5. The minimum Gasteiger partial charge on any atom is -0.484 e. The zero-order valence-electron chi connectivity index (χ0n) is 20.0. The lowest BCUT2D eigenvalue weighted by molar-refractivity contribution is -0.123. The molecule has 9 nitrogen and oxygen atoms in total. The van der Waals surface area contributed by atoms with Crippen molar-refractivity contribution in [3.05, 3.63) is 17.7 Å². The number of rotatable bonds is 12. The molecule has 1 fully saturated rings. The smallest absolute Gasteiger partial charge is 0.404 e. The summed E-state index contributed by atoms with van der Waals surface area (Å²) in [6.07, 6.45) is -1.35. The highest BCUT2D eigenvalue weighted by atomic mass is 19.3. The number of hydrogen-bond acceptors (Lipinski definition) is 7. The van der Waals surface area contributed by atoms with Crippen molar-refractivity contribution < 1.29 is 46.1 Å². The van der Waals surface area contributed by atoms with Gasteiger partial charge in [0.05, 0.1) is 6.10 Å². The molecule has 1 aromatic carbocycles. The van der Waals surface area contributed by atoms with Crippen LogP contribution in [-0.2, 0) is 21.3 Å². The number of carbonyl (C=O) groups is 2. The number of amides is 1. The summed E-state index contributed by atoms with van der Waals surface area (Å²) >= 11 is 0. The van der Waals surface area contributed by atoms with Gasteiger partial charge in [0.25, 0.3) is 12.4 Å². The van der Waals surface area contributed by atoms with Crippen LogP contribution in [0.1, 0.15) is 39.0 Å². The Kier molecular flexibility index (Phi) is 9.35. The third-order valence-electron chi connectivity index (χ3n) is 5.79. The van der Waals surface area contributed by atoms with Gasteiger partial charge in [0, 0.05) is 26.1 Å². The van der Waals surface area contributed by atoms with Gasteiger partial charge in [-0.25, -0.2) is 22.4 Å². The number of ether oxygens (including phenoxy) is 4. The first kappa shape index (κ1) is 27.5. The van der Waals surface area contributed by atoms with Crippen molar-refractivity contribution in [2.24, 2.45) is 18.7 Å². The van der Waals surface area contributed by atoms with Crippen molar-refractivity contribution in [2.45, 2.75) is 57.7 Å². The molecular formula is C23H29F4N3O6. The summed E-state index contributed by atoms with van der Waals surface area (Å²) in [4.78, 5) is 26.4. The van der Waals surface area contributed by atoms with Gasteiger partial charge >= 0.3 is 6.09 Å². The average Bonchev–Trinajstić information content (AvgIpc) is 3.15. The molecule has 2 aromatic rings. The first-order chi connectivity index (χ1) is 17.0. The summed E-state index contributed by atoms with van der Waals surface area (Å²) < 4.78 is 76.3. The number of ketones is 1. The molecule has 0 bridgehead atoms. The van der Waals surface area contributed by atoms with E-state index in [1.54, 1.807) is 0 Å². The molecule has 1 aliphatic rings. The first-order valence-corrected chi connectivity index (χ1v) is 11.5.